The zero-order valence-corrected chi connectivity index (χ0v) is 12.9. The monoisotopic (exact) mass is 298 g/mol. The first kappa shape index (κ1) is 14.2. The maximum absolute atomic E-state index is 12.4. The van der Waals surface area contributed by atoms with Crippen LogP contribution in [0.5, 0.6) is 5.75 Å². The van der Waals surface area contributed by atoms with Crippen molar-refractivity contribution in [3.63, 3.8) is 0 Å². The fourth-order valence-electron chi connectivity index (χ4n) is 2.77. The predicted octanol–water partition coefficient (Wildman–Crippen LogP) is 4.44. The minimum atomic E-state index is -0.131. The average Bonchev–Trinajstić information content (AvgIpc) is 2.48. The molecule has 2 aromatic rings. The largest absolute Gasteiger partial charge is 0.493 e. The van der Waals surface area contributed by atoms with Gasteiger partial charge in [-0.2, -0.15) is 0 Å². The first-order valence-electron chi connectivity index (χ1n) is 7.15. The minimum absolute atomic E-state index is 0.131. The van der Waals surface area contributed by atoms with Gasteiger partial charge in [-0.25, -0.2) is 0 Å². The van der Waals surface area contributed by atoms with Gasteiger partial charge in [-0.05, 0) is 24.6 Å². The first-order valence-corrected chi connectivity index (χ1v) is 7.97. The Balaban J connectivity index is 1.77. The van der Waals surface area contributed by atoms with Gasteiger partial charge < -0.3 is 4.74 Å². The van der Waals surface area contributed by atoms with E-state index in [1.807, 2.05) is 48.5 Å². The number of carbonyl (C=O) groups is 1. The van der Waals surface area contributed by atoms with Crippen LogP contribution in [0.1, 0.15) is 25.3 Å². The zero-order valence-electron chi connectivity index (χ0n) is 12.0. The van der Waals surface area contributed by atoms with Crippen LogP contribution in [-0.2, 0) is 10.2 Å². The molecule has 1 atom stereocenters. The molecule has 0 fully saturated rings. The molecule has 1 heterocycles. The molecule has 1 aliphatic heterocycles. The Hall–Kier alpha value is -1.74. The summed E-state index contributed by atoms with van der Waals surface area (Å²) in [6.45, 7) is 2.84. The summed E-state index contributed by atoms with van der Waals surface area (Å²) >= 11 is 1.33. The van der Waals surface area contributed by atoms with Crippen LogP contribution in [0.3, 0.4) is 0 Å². The number of ether oxygens (including phenoxy) is 1. The van der Waals surface area contributed by atoms with Crippen molar-refractivity contribution in [1.82, 2.24) is 0 Å². The van der Waals surface area contributed by atoms with Gasteiger partial charge in [-0.1, -0.05) is 55.1 Å². The van der Waals surface area contributed by atoms with Gasteiger partial charge in [-0.3, -0.25) is 4.79 Å². The number of hydrogen-bond acceptors (Lipinski definition) is 3. The van der Waals surface area contributed by atoms with Gasteiger partial charge in [0.15, 0.2) is 5.12 Å². The highest BCUT2D eigenvalue weighted by atomic mass is 32.2. The van der Waals surface area contributed by atoms with Crippen LogP contribution in [0.25, 0.3) is 0 Å². The van der Waals surface area contributed by atoms with Crippen LogP contribution in [0.15, 0.2) is 59.5 Å². The number of rotatable bonds is 3. The Kier molecular flexibility index (Phi) is 4.02. The van der Waals surface area contributed by atoms with E-state index in [0.717, 1.165) is 22.6 Å². The number of thioether (sulfide) groups is 1. The van der Waals surface area contributed by atoms with Crippen molar-refractivity contribution in [2.75, 3.05) is 6.61 Å². The lowest BCUT2D eigenvalue weighted by atomic mass is 9.75. The second kappa shape index (κ2) is 5.94. The van der Waals surface area contributed by atoms with Crippen molar-refractivity contribution in [3.8, 4) is 5.75 Å². The smallest absolute Gasteiger partial charge is 0.194 e. The molecule has 3 heteroatoms. The summed E-state index contributed by atoms with van der Waals surface area (Å²) in [7, 11) is 0. The normalized spacial score (nSPS) is 20.4. The van der Waals surface area contributed by atoms with E-state index in [2.05, 4.69) is 13.0 Å². The van der Waals surface area contributed by atoms with Crippen LogP contribution >= 0.6 is 11.8 Å². The molecular formula is C18H18O2S. The zero-order chi connectivity index (χ0) is 14.7. The van der Waals surface area contributed by atoms with Gasteiger partial charge in [0.05, 0.1) is 6.61 Å². The summed E-state index contributed by atoms with van der Waals surface area (Å²) in [4.78, 5) is 13.4. The third-order valence-corrected chi connectivity index (χ3v) is 4.84. The van der Waals surface area contributed by atoms with Crippen molar-refractivity contribution < 1.29 is 9.53 Å². The second-order valence-corrected chi connectivity index (χ2v) is 6.75. The Labute approximate surface area is 129 Å². The second-order valence-electron chi connectivity index (χ2n) is 5.62. The van der Waals surface area contributed by atoms with Crippen molar-refractivity contribution in [2.45, 2.75) is 30.1 Å². The van der Waals surface area contributed by atoms with Crippen LogP contribution in [0, 0.1) is 0 Å². The van der Waals surface area contributed by atoms with Gasteiger partial charge in [0.1, 0.15) is 5.75 Å². The molecule has 2 nitrogen and oxygen atoms in total. The number of fused-ring (bicyclic) bond motifs is 1. The van der Waals surface area contributed by atoms with Gasteiger partial charge in [0, 0.05) is 22.3 Å². The highest BCUT2D eigenvalue weighted by Gasteiger charge is 2.35. The highest BCUT2D eigenvalue weighted by molar-refractivity contribution is 8.13. The van der Waals surface area contributed by atoms with Crippen molar-refractivity contribution in [2.24, 2.45) is 0 Å². The predicted molar refractivity (Wildman–Crippen MR) is 85.8 cm³/mol. The van der Waals surface area contributed by atoms with E-state index in [0.29, 0.717) is 13.0 Å². The van der Waals surface area contributed by atoms with Crippen LogP contribution in [0.2, 0.25) is 0 Å². The lowest BCUT2D eigenvalue weighted by Crippen LogP contribution is -2.31. The number of para-hydroxylation sites is 1. The summed E-state index contributed by atoms with van der Waals surface area (Å²) < 4.78 is 5.70. The Morgan fingerprint density at radius 3 is 2.67 bits per heavy atom. The molecule has 0 N–H and O–H groups in total. The number of hydrogen-bond donors (Lipinski definition) is 0. The molecule has 0 bridgehead atoms. The Morgan fingerprint density at radius 2 is 1.86 bits per heavy atom. The molecule has 21 heavy (non-hydrogen) atoms. The van der Waals surface area contributed by atoms with Gasteiger partial charge in [0.25, 0.3) is 0 Å². The van der Waals surface area contributed by atoms with Gasteiger partial charge in [-0.15, -0.1) is 0 Å². The Bertz CT molecular complexity index is 639. The summed E-state index contributed by atoms with van der Waals surface area (Å²) in [5, 5.41) is 0.209. The van der Waals surface area contributed by atoms with E-state index in [4.69, 9.17) is 4.74 Å². The Morgan fingerprint density at radius 1 is 1.14 bits per heavy atom. The molecule has 108 valence electrons. The maximum Gasteiger partial charge on any atom is 0.194 e. The van der Waals surface area contributed by atoms with E-state index in [1.165, 1.54) is 11.8 Å². The summed E-state index contributed by atoms with van der Waals surface area (Å²) in [6.07, 6.45) is 1.41. The molecule has 0 radical (unpaired) electrons. The van der Waals surface area contributed by atoms with Crippen LogP contribution in [0.4, 0.5) is 0 Å². The van der Waals surface area contributed by atoms with Crippen molar-refractivity contribution >= 4 is 16.9 Å². The SMILES string of the molecule is C[C@@]1(CC(=O)Sc2ccccc2)CCOc2ccccc21. The first-order chi connectivity index (χ1) is 10.2. The van der Waals surface area contributed by atoms with Crippen LogP contribution < -0.4 is 4.74 Å². The van der Waals surface area contributed by atoms with E-state index >= 15 is 0 Å². The molecule has 0 aliphatic carbocycles. The summed E-state index contributed by atoms with van der Waals surface area (Å²) in [6, 6.07) is 17.9. The molecule has 2 aromatic carbocycles. The molecule has 0 amide bonds. The van der Waals surface area contributed by atoms with E-state index < -0.39 is 0 Å². The molecule has 0 aromatic heterocycles. The molecule has 0 saturated heterocycles. The van der Waals surface area contributed by atoms with Crippen molar-refractivity contribution in [1.29, 1.82) is 0 Å². The lowest BCUT2D eigenvalue weighted by Gasteiger charge is -2.35. The number of benzene rings is 2. The molecule has 0 spiro atoms. The minimum Gasteiger partial charge on any atom is -0.493 e. The third kappa shape index (κ3) is 3.13. The lowest BCUT2D eigenvalue weighted by molar-refractivity contribution is -0.112. The van der Waals surface area contributed by atoms with Crippen LogP contribution in [-0.4, -0.2) is 11.7 Å². The molecular weight excluding hydrogens is 280 g/mol. The van der Waals surface area contributed by atoms with E-state index in [-0.39, 0.29) is 10.5 Å². The quantitative estimate of drug-likeness (QED) is 0.784. The summed E-state index contributed by atoms with van der Waals surface area (Å²) in [5.74, 6) is 0.920. The third-order valence-electron chi connectivity index (χ3n) is 3.96. The molecule has 0 unspecified atom stereocenters. The van der Waals surface area contributed by atoms with Gasteiger partial charge in [0.2, 0.25) is 0 Å². The maximum atomic E-state index is 12.4. The fraction of sp³-hybridized carbons (Fsp3) is 0.278. The van der Waals surface area contributed by atoms with E-state index in [9.17, 15) is 4.79 Å². The fourth-order valence-corrected chi connectivity index (χ4v) is 3.72. The molecule has 1 aliphatic rings. The van der Waals surface area contributed by atoms with E-state index in [1.54, 1.807) is 0 Å². The highest BCUT2D eigenvalue weighted by Crippen LogP contribution is 2.42. The average molecular weight is 298 g/mol. The number of carbonyl (C=O) groups excluding carboxylic acids is 1. The molecule has 3 rings (SSSR count). The summed E-state index contributed by atoms with van der Waals surface area (Å²) in [5.41, 5.74) is 1.02. The topological polar surface area (TPSA) is 26.3 Å². The van der Waals surface area contributed by atoms with Crippen molar-refractivity contribution in [3.05, 3.63) is 60.2 Å². The molecule has 0 saturated carbocycles. The van der Waals surface area contributed by atoms with Gasteiger partial charge >= 0.3 is 0 Å². The standard InChI is InChI=1S/C18H18O2S/c1-18(11-12-20-16-10-6-5-9-15(16)18)13-17(19)21-14-7-3-2-4-8-14/h2-10H,11-13H2,1H3/t18-/m0/s1.